The van der Waals surface area contributed by atoms with Gasteiger partial charge in [-0.2, -0.15) is 0 Å². The van der Waals surface area contributed by atoms with Crippen molar-refractivity contribution in [2.75, 3.05) is 38.0 Å². The molecular formula is C23H31FN6O. The standard InChI is InChI=1S/C23H31FN6O/c1-2-25-23-26-8-17(9-27-23)11-29-10-16-7-19(14-29)21-4-3-18(22(31)30(21)12-16)13-28-6-5-20(24)15-28/h3-4,8-9,16,19-20H,2,5-7,10-15H2,1H3,(H,25,26,27)/t16-,19+,20+/m0/s1. The van der Waals surface area contributed by atoms with Gasteiger partial charge in [0, 0.05) is 87.5 Å². The van der Waals surface area contributed by atoms with Crippen LogP contribution in [0.5, 0.6) is 0 Å². The fourth-order valence-corrected chi connectivity index (χ4v) is 5.45. The lowest BCUT2D eigenvalue weighted by atomic mass is 9.83. The number of fused-ring (bicyclic) bond motifs is 4. The van der Waals surface area contributed by atoms with E-state index in [1.807, 2.05) is 30.0 Å². The smallest absolute Gasteiger partial charge is 0.255 e. The molecule has 2 saturated heterocycles. The van der Waals surface area contributed by atoms with Crippen LogP contribution in [0.15, 0.2) is 29.3 Å². The number of anilines is 1. The Morgan fingerprint density at radius 3 is 2.68 bits per heavy atom. The number of hydrogen-bond acceptors (Lipinski definition) is 6. The van der Waals surface area contributed by atoms with Crippen molar-refractivity contribution in [3.63, 3.8) is 0 Å². The minimum atomic E-state index is -0.754. The van der Waals surface area contributed by atoms with Crippen molar-refractivity contribution in [3.05, 3.63) is 51.7 Å². The third-order valence-electron chi connectivity index (χ3n) is 6.81. The second kappa shape index (κ2) is 8.67. The first-order valence-electron chi connectivity index (χ1n) is 11.4. The van der Waals surface area contributed by atoms with Crippen molar-refractivity contribution >= 4 is 5.95 Å². The lowest BCUT2D eigenvalue weighted by Crippen LogP contribution is -2.47. The summed E-state index contributed by atoms with van der Waals surface area (Å²) in [6.07, 6.45) is 4.77. The van der Waals surface area contributed by atoms with Crippen LogP contribution in [-0.4, -0.2) is 63.2 Å². The minimum Gasteiger partial charge on any atom is -0.355 e. The monoisotopic (exact) mass is 426 g/mol. The van der Waals surface area contributed by atoms with Gasteiger partial charge >= 0.3 is 0 Å². The molecule has 0 spiro atoms. The highest BCUT2D eigenvalue weighted by Crippen LogP contribution is 2.35. The van der Waals surface area contributed by atoms with E-state index in [4.69, 9.17) is 0 Å². The number of nitrogens with zero attached hydrogens (tertiary/aromatic N) is 5. The van der Waals surface area contributed by atoms with Gasteiger partial charge in [-0.05, 0) is 31.7 Å². The van der Waals surface area contributed by atoms with E-state index in [1.54, 1.807) is 0 Å². The van der Waals surface area contributed by atoms with E-state index in [0.29, 0.717) is 37.3 Å². The maximum absolute atomic E-state index is 13.5. The predicted molar refractivity (Wildman–Crippen MR) is 118 cm³/mol. The number of hydrogen-bond donors (Lipinski definition) is 1. The zero-order valence-corrected chi connectivity index (χ0v) is 18.1. The van der Waals surface area contributed by atoms with Gasteiger partial charge in [0.25, 0.3) is 5.56 Å². The highest BCUT2D eigenvalue weighted by atomic mass is 19.1. The summed E-state index contributed by atoms with van der Waals surface area (Å²) < 4.78 is 15.5. The molecule has 3 aliphatic rings. The van der Waals surface area contributed by atoms with Gasteiger partial charge in [0.15, 0.2) is 0 Å². The molecule has 7 nitrogen and oxygen atoms in total. The maximum atomic E-state index is 13.5. The van der Waals surface area contributed by atoms with Crippen molar-refractivity contribution in [2.24, 2.45) is 5.92 Å². The zero-order valence-electron chi connectivity index (χ0n) is 18.1. The Kier molecular flexibility index (Phi) is 5.75. The summed E-state index contributed by atoms with van der Waals surface area (Å²) >= 11 is 0. The molecule has 0 aromatic carbocycles. The first-order valence-corrected chi connectivity index (χ1v) is 11.4. The summed E-state index contributed by atoms with van der Waals surface area (Å²) in [6, 6.07) is 4.12. The number of aromatic nitrogens is 3. The van der Waals surface area contributed by atoms with Crippen LogP contribution in [0, 0.1) is 5.92 Å². The molecule has 1 N–H and O–H groups in total. The molecule has 8 heteroatoms. The first kappa shape index (κ1) is 20.6. The van der Waals surface area contributed by atoms with Gasteiger partial charge in [-0.3, -0.25) is 14.6 Å². The van der Waals surface area contributed by atoms with Gasteiger partial charge in [0.2, 0.25) is 5.95 Å². The van der Waals surface area contributed by atoms with Crippen LogP contribution >= 0.6 is 0 Å². The second-order valence-electron chi connectivity index (χ2n) is 9.26. The fourth-order valence-electron chi connectivity index (χ4n) is 5.45. The van der Waals surface area contributed by atoms with Gasteiger partial charge in [0.1, 0.15) is 6.17 Å². The molecule has 5 rings (SSSR count). The molecule has 5 heterocycles. The molecule has 2 fully saturated rings. The molecule has 3 aliphatic heterocycles. The van der Waals surface area contributed by atoms with Gasteiger partial charge in [-0.25, -0.2) is 14.4 Å². The SMILES string of the molecule is CCNc1ncc(CN2C[C@@H]3C[C@H](C2)c2ccc(CN4CC[C@@H](F)C4)c(=O)n2C3)cn1. The van der Waals surface area contributed by atoms with Crippen LogP contribution in [0.2, 0.25) is 0 Å². The highest BCUT2D eigenvalue weighted by molar-refractivity contribution is 5.25. The van der Waals surface area contributed by atoms with Crippen molar-refractivity contribution in [2.45, 2.75) is 51.5 Å². The number of nitrogens with one attached hydrogen (secondary N) is 1. The second-order valence-corrected chi connectivity index (χ2v) is 9.26. The summed E-state index contributed by atoms with van der Waals surface area (Å²) in [5.41, 5.74) is 3.19. The number of halogens is 1. The summed E-state index contributed by atoms with van der Waals surface area (Å²) in [5.74, 6) is 1.52. The Balaban J connectivity index is 1.29. The fraction of sp³-hybridized carbons (Fsp3) is 0.609. The molecule has 2 bridgehead atoms. The van der Waals surface area contributed by atoms with E-state index in [1.165, 1.54) is 0 Å². The third-order valence-corrected chi connectivity index (χ3v) is 6.81. The molecule has 0 aliphatic carbocycles. The molecule has 31 heavy (non-hydrogen) atoms. The molecule has 3 atom stereocenters. The van der Waals surface area contributed by atoms with Gasteiger partial charge < -0.3 is 9.88 Å². The highest BCUT2D eigenvalue weighted by Gasteiger charge is 2.35. The number of pyridine rings is 1. The lowest BCUT2D eigenvalue weighted by molar-refractivity contribution is 0.114. The van der Waals surface area contributed by atoms with Crippen molar-refractivity contribution < 1.29 is 4.39 Å². The molecule has 0 radical (unpaired) electrons. The van der Waals surface area contributed by atoms with E-state index in [9.17, 15) is 9.18 Å². The van der Waals surface area contributed by atoms with Gasteiger partial charge in [0.05, 0.1) is 0 Å². The largest absolute Gasteiger partial charge is 0.355 e. The maximum Gasteiger partial charge on any atom is 0.255 e. The van der Waals surface area contributed by atoms with Crippen molar-refractivity contribution in [1.29, 1.82) is 0 Å². The van der Waals surface area contributed by atoms with Crippen LogP contribution < -0.4 is 10.9 Å². The van der Waals surface area contributed by atoms with E-state index < -0.39 is 6.17 Å². The Hall–Kier alpha value is -2.32. The molecular weight excluding hydrogens is 395 g/mol. The third kappa shape index (κ3) is 4.36. The Morgan fingerprint density at radius 1 is 1.10 bits per heavy atom. The lowest BCUT2D eigenvalue weighted by Gasteiger charge is -2.43. The first-order chi connectivity index (χ1) is 15.1. The summed E-state index contributed by atoms with van der Waals surface area (Å²) in [6.45, 7) is 8.12. The van der Waals surface area contributed by atoms with Crippen LogP contribution in [0.25, 0.3) is 0 Å². The van der Waals surface area contributed by atoms with E-state index >= 15 is 0 Å². The Labute approximate surface area is 182 Å². The molecule has 0 amide bonds. The topological polar surface area (TPSA) is 66.3 Å². The molecule has 2 aromatic heterocycles. The van der Waals surface area contributed by atoms with Crippen LogP contribution in [0.1, 0.15) is 42.5 Å². The molecule has 166 valence electrons. The molecule has 0 unspecified atom stereocenters. The Bertz CT molecular complexity index is 977. The summed E-state index contributed by atoms with van der Waals surface area (Å²) in [7, 11) is 0. The average Bonchev–Trinajstić information content (AvgIpc) is 3.17. The van der Waals surface area contributed by atoms with Gasteiger partial charge in [-0.15, -0.1) is 0 Å². The van der Waals surface area contributed by atoms with E-state index in [2.05, 4.69) is 31.2 Å². The zero-order chi connectivity index (χ0) is 21.4. The van der Waals surface area contributed by atoms with Crippen molar-refractivity contribution in [3.8, 4) is 0 Å². The average molecular weight is 427 g/mol. The van der Waals surface area contributed by atoms with Crippen LogP contribution in [0.4, 0.5) is 10.3 Å². The summed E-state index contributed by atoms with van der Waals surface area (Å²) in [5, 5.41) is 3.13. The molecule has 2 aromatic rings. The van der Waals surface area contributed by atoms with Crippen molar-refractivity contribution in [1.82, 2.24) is 24.3 Å². The summed E-state index contributed by atoms with van der Waals surface area (Å²) in [4.78, 5) is 26.5. The van der Waals surface area contributed by atoms with Gasteiger partial charge in [-0.1, -0.05) is 6.07 Å². The molecule has 0 saturated carbocycles. The van der Waals surface area contributed by atoms with Crippen LogP contribution in [-0.2, 0) is 19.6 Å². The number of likely N-dealkylation sites (tertiary alicyclic amines) is 2. The number of piperidine rings is 1. The normalized spacial score (nSPS) is 26.1. The van der Waals surface area contributed by atoms with E-state index in [0.717, 1.165) is 62.5 Å². The quantitative estimate of drug-likeness (QED) is 0.764. The van der Waals surface area contributed by atoms with Crippen LogP contribution in [0.3, 0.4) is 0 Å². The Morgan fingerprint density at radius 2 is 1.94 bits per heavy atom. The predicted octanol–water partition coefficient (Wildman–Crippen LogP) is 2.23. The number of rotatable bonds is 6. The minimum absolute atomic E-state index is 0.121. The number of alkyl halides is 1. The van der Waals surface area contributed by atoms with E-state index in [-0.39, 0.29) is 5.56 Å².